The summed E-state index contributed by atoms with van der Waals surface area (Å²) in [5.74, 6) is -0.0972. The Labute approximate surface area is 225 Å². The lowest BCUT2D eigenvalue weighted by Crippen LogP contribution is -2.34. The molecular weight excluding hydrogens is 528 g/mol. The van der Waals surface area contributed by atoms with Crippen molar-refractivity contribution in [1.82, 2.24) is 19.6 Å². The molecule has 1 aliphatic heterocycles. The molecule has 4 aromatic rings. The van der Waals surface area contributed by atoms with Gasteiger partial charge >= 0.3 is 0 Å². The third kappa shape index (κ3) is 5.50. The summed E-state index contributed by atoms with van der Waals surface area (Å²) in [4.78, 5) is 19.6. The van der Waals surface area contributed by atoms with Gasteiger partial charge in [-0.1, -0.05) is 35.9 Å². The number of rotatable bonds is 5. The van der Waals surface area contributed by atoms with E-state index in [1.807, 2.05) is 47.4 Å². The predicted octanol–water partition coefficient (Wildman–Crippen LogP) is 5.10. The van der Waals surface area contributed by atoms with Crippen molar-refractivity contribution in [3.05, 3.63) is 77.4 Å². The number of amides is 1. The number of nitrogens with zero attached hydrogens (tertiary/aromatic N) is 4. The van der Waals surface area contributed by atoms with E-state index in [0.717, 1.165) is 40.5 Å². The highest BCUT2D eigenvalue weighted by atomic mass is 35.5. The first kappa shape index (κ1) is 25.7. The van der Waals surface area contributed by atoms with Crippen molar-refractivity contribution in [3.63, 3.8) is 0 Å². The van der Waals surface area contributed by atoms with Gasteiger partial charge in [0.15, 0.2) is 15.5 Å². The van der Waals surface area contributed by atoms with E-state index < -0.39 is 9.84 Å². The number of halogens is 1. The molecule has 1 aliphatic rings. The van der Waals surface area contributed by atoms with Crippen LogP contribution in [0.5, 0.6) is 0 Å². The number of aromatic nitrogens is 2. The molecule has 1 amide bonds. The SMILES string of the molecule is CN1CCCN(C(=O)c2cc(-c3ccc(-c4cccc(S(C)(=O)=O)c4)s3)n(-c3ccccc3Cl)n2)CC1. The smallest absolute Gasteiger partial charge is 0.274 e. The second-order valence-electron chi connectivity index (χ2n) is 9.19. The minimum Gasteiger partial charge on any atom is -0.336 e. The lowest BCUT2D eigenvalue weighted by atomic mass is 10.2. The summed E-state index contributed by atoms with van der Waals surface area (Å²) in [6.07, 6.45) is 2.12. The first-order valence-electron chi connectivity index (χ1n) is 11.9. The second kappa shape index (κ2) is 10.4. The summed E-state index contributed by atoms with van der Waals surface area (Å²) >= 11 is 8.05. The van der Waals surface area contributed by atoms with Gasteiger partial charge in [-0.2, -0.15) is 5.10 Å². The molecule has 5 rings (SSSR count). The van der Waals surface area contributed by atoms with E-state index in [1.54, 1.807) is 28.9 Å². The average Bonchev–Trinajstić information content (AvgIpc) is 3.48. The summed E-state index contributed by atoms with van der Waals surface area (Å²) in [7, 11) is -1.25. The van der Waals surface area contributed by atoms with Crippen molar-refractivity contribution in [2.24, 2.45) is 0 Å². The molecule has 0 bridgehead atoms. The number of hydrogen-bond acceptors (Lipinski definition) is 6. The Balaban J connectivity index is 1.56. The maximum atomic E-state index is 13.5. The molecule has 0 unspecified atom stereocenters. The molecule has 7 nitrogen and oxygen atoms in total. The summed E-state index contributed by atoms with van der Waals surface area (Å²) in [6, 6.07) is 20.1. The Morgan fingerprint density at radius 1 is 0.946 bits per heavy atom. The minimum atomic E-state index is -3.32. The zero-order valence-corrected chi connectivity index (χ0v) is 23.0. The van der Waals surface area contributed by atoms with Gasteiger partial charge in [-0.3, -0.25) is 4.79 Å². The Hall–Kier alpha value is -2.98. The predicted molar refractivity (Wildman–Crippen MR) is 148 cm³/mol. The fourth-order valence-corrected chi connectivity index (χ4v) is 6.28. The molecule has 37 heavy (non-hydrogen) atoms. The quantitative estimate of drug-likeness (QED) is 0.343. The van der Waals surface area contributed by atoms with Crippen LogP contribution >= 0.6 is 22.9 Å². The number of thiophene rings is 1. The maximum Gasteiger partial charge on any atom is 0.274 e. The van der Waals surface area contributed by atoms with Crippen molar-refractivity contribution < 1.29 is 13.2 Å². The number of carbonyl (C=O) groups excluding carboxylic acids is 1. The molecule has 0 aliphatic carbocycles. The summed E-state index contributed by atoms with van der Waals surface area (Å²) in [6.45, 7) is 3.13. The van der Waals surface area contributed by atoms with Crippen molar-refractivity contribution in [2.75, 3.05) is 39.5 Å². The standard InChI is InChI=1S/C27H27ClN4O3S2/c1-30-13-6-14-31(16-15-30)27(33)22-18-24(32(29-22)23-10-4-3-9-21(23)28)26-12-11-25(36-26)19-7-5-8-20(17-19)37(2,34)35/h3-5,7-12,17-18H,6,13-16H2,1-2H3. The van der Waals surface area contributed by atoms with Gasteiger partial charge < -0.3 is 9.80 Å². The monoisotopic (exact) mass is 554 g/mol. The van der Waals surface area contributed by atoms with Crippen LogP contribution in [0.4, 0.5) is 0 Å². The Morgan fingerprint density at radius 2 is 1.73 bits per heavy atom. The van der Waals surface area contributed by atoms with E-state index in [-0.39, 0.29) is 10.8 Å². The zero-order valence-electron chi connectivity index (χ0n) is 20.6. The Morgan fingerprint density at radius 3 is 2.51 bits per heavy atom. The molecular formula is C27H27ClN4O3S2. The van der Waals surface area contributed by atoms with Gasteiger partial charge in [0.1, 0.15) is 0 Å². The van der Waals surface area contributed by atoms with Gasteiger partial charge in [0.2, 0.25) is 0 Å². The molecule has 10 heteroatoms. The van der Waals surface area contributed by atoms with E-state index in [4.69, 9.17) is 16.7 Å². The van der Waals surface area contributed by atoms with Gasteiger partial charge in [0, 0.05) is 30.8 Å². The maximum absolute atomic E-state index is 13.5. The fraction of sp³-hybridized carbons (Fsp3) is 0.259. The van der Waals surface area contributed by atoms with Crippen molar-refractivity contribution in [2.45, 2.75) is 11.3 Å². The molecule has 0 saturated carbocycles. The van der Waals surface area contributed by atoms with Crippen LogP contribution in [0.2, 0.25) is 5.02 Å². The first-order chi connectivity index (χ1) is 17.7. The third-order valence-corrected chi connectivity index (χ3v) is 9.01. The van der Waals surface area contributed by atoms with E-state index in [9.17, 15) is 13.2 Å². The summed E-state index contributed by atoms with van der Waals surface area (Å²) < 4.78 is 25.8. The van der Waals surface area contributed by atoms with Gasteiger partial charge in [-0.15, -0.1) is 11.3 Å². The lowest BCUT2D eigenvalue weighted by molar-refractivity contribution is 0.0756. The van der Waals surface area contributed by atoms with Gasteiger partial charge in [0.25, 0.3) is 5.91 Å². The number of hydrogen-bond donors (Lipinski definition) is 0. The van der Waals surface area contributed by atoms with Gasteiger partial charge in [-0.25, -0.2) is 13.1 Å². The first-order valence-corrected chi connectivity index (χ1v) is 15.0. The van der Waals surface area contributed by atoms with Crippen molar-refractivity contribution in [1.29, 1.82) is 0 Å². The molecule has 0 N–H and O–H groups in total. The molecule has 3 heterocycles. The van der Waals surface area contributed by atoms with E-state index in [2.05, 4.69) is 11.9 Å². The van der Waals surface area contributed by atoms with Gasteiger partial charge in [0.05, 0.1) is 26.2 Å². The molecule has 0 atom stereocenters. The highest BCUT2D eigenvalue weighted by Gasteiger charge is 2.24. The summed E-state index contributed by atoms with van der Waals surface area (Å²) in [5.41, 5.74) is 2.61. The molecule has 1 saturated heterocycles. The number of likely N-dealkylation sites (N-methyl/N-ethyl adjacent to an activating group) is 1. The van der Waals surface area contributed by atoms with E-state index in [0.29, 0.717) is 29.5 Å². The molecule has 1 fully saturated rings. The van der Waals surface area contributed by atoms with E-state index >= 15 is 0 Å². The second-order valence-corrected chi connectivity index (χ2v) is 12.7. The topological polar surface area (TPSA) is 75.5 Å². The largest absolute Gasteiger partial charge is 0.336 e. The number of carbonyl (C=O) groups is 1. The van der Waals surface area contributed by atoms with Crippen LogP contribution < -0.4 is 0 Å². The fourth-order valence-electron chi connectivity index (χ4n) is 4.39. The average molecular weight is 555 g/mol. The van der Waals surface area contributed by atoms with Crippen LogP contribution in [-0.4, -0.2) is 73.4 Å². The highest BCUT2D eigenvalue weighted by Crippen LogP contribution is 2.37. The Kier molecular flexibility index (Phi) is 7.22. The molecule has 192 valence electrons. The van der Waals surface area contributed by atoms with Crippen LogP contribution in [-0.2, 0) is 9.84 Å². The molecule has 2 aromatic carbocycles. The molecule has 2 aromatic heterocycles. The minimum absolute atomic E-state index is 0.0972. The van der Waals surface area contributed by atoms with Crippen LogP contribution in [0.3, 0.4) is 0 Å². The van der Waals surface area contributed by atoms with Crippen molar-refractivity contribution >= 4 is 38.7 Å². The highest BCUT2D eigenvalue weighted by molar-refractivity contribution is 7.90. The zero-order chi connectivity index (χ0) is 26.2. The molecule has 0 radical (unpaired) electrons. The van der Waals surface area contributed by atoms with E-state index in [1.165, 1.54) is 17.6 Å². The number of para-hydroxylation sites is 1. The van der Waals surface area contributed by atoms with Crippen LogP contribution in [0.15, 0.2) is 71.6 Å². The number of sulfone groups is 1. The third-order valence-electron chi connectivity index (χ3n) is 6.42. The molecule has 0 spiro atoms. The summed E-state index contributed by atoms with van der Waals surface area (Å²) in [5, 5.41) is 5.25. The van der Waals surface area contributed by atoms with Crippen molar-refractivity contribution in [3.8, 4) is 26.7 Å². The van der Waals surface area contributed by atoms with Crippen LogP contribution in [0.25, 0.3) is 26.7 Å². The van der Waals surface area contributed by atoms with Crippen LogP contribution in [0, 0.1) is 0 Å². The normalized spacial score (nSPS) is 15.1. The van der Waals surface area contributed by atoms with Gasteiger partial charge in [-0.05, 0) is 68.0 Å². The Bertz CT molecular complexity index is 1560. The number of benzene rings is 2. The van der Waals surface area contributed by atoms with Crippen LogP contribution in [0.1, 0.15) is 16.9 Å². The lowest BCUT2D eigenvalue weighted by Gasteiger charge is -2.19.